The molecular weight excluding hydrogens is 470 g/mol. The Kier molecular flexibility index (Phi) is 7.21. The topological polar surface area (TPSA) is 93.0 Å². The first-order chi connectivity index (χ1) is 16.8. The monoisotopic (exact) mass is 495 g/mol. The Morgan fingerprint density at radius 1 is 1.17 bits per heavy atom. The molecule has 1 fully saturated rings. The highest BCUT2D eigenvalue weighted by Gasteiger charge is 2.31. The molecule has 182 valence electrons. The normalized spacial score (nSPS) is 15.6. The largest absolute Gasteiger partial charge is 0.496 e. The van der Waals surface area contributed by atoms with Crippen LogP contribution >= 0.6 is 11.6 Å². The van der Waals surface area contributed by atoms with E-state index in [2.05, 4.69) is 0 Å². The molecule has 0 bridgehead atoms. The maximum atomic E-state index is 13.5. The first kappa shape index (κ1) is 24.5. The van der Waals surface area contributed by atoms with Gasteiger partial charge in [-0.25, -0.2) is 0 Å². The summed E-state index contributed by atoms with van der Waals surface area (Å²) in [5.74, 6) is 0.0976. The lowest BCUT2D eigenvalue weighted by Crippen LogP contribution is -2.45. The first-order valence-corrected chi connectivity index (χ1v) is 11.7. The zero-order valence-corrected chi connectivity index (χ0v) is 20.3. The maximum absolute atomic E-state index is 13.5. The van der Waals surface area contributed by atoms with Crippen LogP contribution in [0.2, 0.25) is 5.02 Å². The molecule has 1 atom stereocenters. The number of hydrogen-bond donors (Lipinski definition) is 0. The van der Waals surface area contributed by atoms with Gasteiger partial charge in [-0.2, -0.15) is 0 Å². The number of nitro benzene ring substituents is 1. The Morgan fingerprint density at radius 3 is 2.63 bits per heavy atom. The lowest BCUT2D eigenvalue weighted by atomic mass is 9.95. The second-order valence-electron chi connectivity index (χ2n) is 8.68. The Balaban J connectivity index is 1.50. The molecule has 1 aliphatic rings. The number of carbonyl (C=O) groups is 2. The molecule has 0 saturated carbocycles. The number of ether oxygens (including phenoxy) is 1. The second kappa shape index (κ2) is 10.3. The van der Waals surface area contributed by atoms with Gasteiger partial charge in [-0.15, -0.1) is 0 Å². The molecule has 1 aliphatic heterocycles. The van der Waals surface area contributed by atoms with E-state index in [0.717, 1.165) is 10.8 Å². The van der Waals surface area contributed by atoms with Gasteiger partial charge in [0.05, 0.1) is 18.0 Å². The molecule has 0 spiro atoms. The standard InChI is InChI=1S/C26H26ClN3O5/c1-28(15-18-14-19(30(33)34)9-11-23(18)27)25(31)17-6-5-13-29(16-17)26(32)22-10-12-24(35-2)21-8-4-3-7-20(21)22/h3-4,7-12,14,17H,5-6,13,15-16H2,1-2H3/t17-/m0/s1. The van der Waals surface area contributed by atoms with Crippen molar-refractivity contribution in [1.29, 1.82) is 0 Å². The number of nitrogens with zero attached hydrogens (tertiary/aromatic N) is 3. The molecule has 9 heteroatoms. The van der Waals surface area contributed by atoms with Crippen molar-refractivity contribution in [3.63, 3.8) is 0 Å². The lowest BCUT2D eigenvalue weighted by Gasteiger charge is -2.34. The van der Waals surface area contributed by atoms with Gasteiger partial charge in [-0.1, -0.05) is 35.9 Å². The fraction of sp³-hybridized carbons (Fsp3) is 0.308. The van der Waals surface area contributed by atoms with Crippen LogP contribution in [0.5, 0.6) is 5.75 Å². The molecule has 0 N–H and O–H groups in total. The quantitative estimate of drug-likeness (QED) is 0.357. The molecular formula is C26H26ClN3O5. The maximum Gasteiger partial charge on any atom is 0.269 e. The number of rotatable bonds is 6. The zero-order valence-electron chi connectivity index (χ0n) is 19.6. The number of likely N-dealkylation sites (tertiary alicyclic amines) is 1. The van der Waals surface area contributed by atoms with E-state index in [9.17, 15) is 19.7 Å². The van der Waals surface area contributed by atoms with Crippen LogP contribution in [0.25, 0.3) is 10.8 Å². The third-order valence-corrected chi connectivity index (χ3v) is 6.78. The molecule has 1 heterocycles. The van der Waals surface area contributed by atoms with Gasteiger partial charge in [0.2, 0.25) is 5.91 Å². The molecule has 3 aromatic carbocycles. The summed E-state index contributed by atoms with van der Waals surface area (Å²) in [6.45, 7) is 1.03. The Bertz CT molecular complexity index is 1300. The summed E-state index contributed by atoms with van der Waals surface area (Å²) >= 11 is 6.21. The summed E-state index contributed by atoms with van der Waals surface area (Å²) in [4.78, 5) is 40.6. The molecule has 4 rings (SSSR count). The van der Waals surface area contributed by atoms with E-state index in [0.29, 0.717) is 47.8 Å². The van der Waals surface area contributed by atoms with Crippen LogP contribution in [0, 0.1) is 16.0 Å². The van der Waals surface area contributed by atoms with Gasteiger partial charge in [0.1, 0.15) is 5.75 Å². The summed E-state index contributed by atoms with van der Waals surface area (Å²) in [6, 6.07) is 15.3. The highest BCUT2D eigenvalue weighted by Crippen LogP contribution is 2.30. The Morgan fingerprint density at radius 2 is 1.91 bits per heavy atom. The van der Waals surface area contributed by atoms with Crippen molar-refractivity contribution in [2.75, 3.05) is 27.2 Å². The number of carbonyl (C=O) groups excluding carboxylic acids is 2. The molecule has 2 amide bonds. The average Bonchev–Trinajstić information content (AvgIpc) is 2.88. The van der Waals surface area contributed by atoms with E-state index >= 15 is 0 Å². The van der Waals surface area contributed by atoms with Crippen molar-refractivity contribution in [2.24, 2.45) is 5.92 Å². The number of benzene rings is 3. The predicted octanol–water partition coefficient (Wildman–Crippen LogP) is 4.92. The first-order valence-electron chi connectivity index (χ1n) is 11.3. The minimum Gasteiger partial charge on any atom is -0.496 e. The third-order valence-electron chi connectivity index (χ3n) is 6.42. The fourth-order valence-corrected chi connectivity index (χ4v) is 4.79. The van der Waals surface area contributed by atoms with Gasteiger partial charge >= 0.3 is 0 Å². The smallest absolute Gasteiger partial charge is 0.269 e. The van der Waals surface area contributed by atoms with Crippen molar-refractivity contribution in [3.8, 4) is 5.75 Å². The van der Waals surface area contributed by atoms with E-state index in [-0.39, 0.29) is 30.0 Å². The summed E-state index contributed by atoms with van der Waals surface area (Å²) in [6.07, 6.45) is 1.38. The SMILES string of the molecule is COc1ccc(C(=O)N2CCC[C@H](C(=O)N(C)Cc3cc([N+](=O)[O-])ccc3Cl)C2)c2ccccc12. The van der Waals surface area contributed by atoms with Gasteiger partial charge < -0.3 is 14.5 Å². The number of nitro groups is 1. The molecule has 0 aliphatic carbocycles. The molecule has 1 saturated heterocycles. The van der Waals surface area contributed by atoms with Gasteiger partial charge in [0.25, 0.3) is 11.6 Å². The highest BCUT2D eigenvalue weighted by atomic mass is 35.5. The number of halogens is 1. The molecule has 8 nitrogen and oxygen atoms in total. The fourth-order valence-electron chi connectivity index (χ4n) is 4.61. The summed E-state index contributed by atoms with van der Waals surface area (Å²) in [7, 11) is 3.25. The number of methoxy groups -OCH3 is 1. The zero-order chi connectivity index (χ0) is 25.1. The van der Waals surface area contributed by atoms with Crippen LogP contribution in [0.1, 0.15) is 28.8 Å². The summed E-state index contributed by atoms with van der Waals surface area (Å²) in [5, 5.41) is 13.1. The Hall–Kier alpha value is -3.65. The van der Waals surface area contributed by atoms with Crippen LogP contribution in [0.4, 0.5) is 5.69 Å². The minimum absolute atomic E-state index is 0.0774. The van der Waals surface area contributed by atoms with Gasteiger partial charge in [-0.05, 0) is 42.0 Å². The van der Waals surface area contributed by atoms with E-state index in [1.165, 1.54) is 23.1 Å². The van der Waals surface area contributed by atoms with Gasteiger partial charge in [-0.3, -0.25) is 19.7 Å². The second-order valence-corrected chi connectivity index (χ2v) is 9.09. The lowest BCUT2D eigenvalue weighted by molar-refractivity contribution is -0.384. The molecule has 0 aromatic heterocycles. The van der Waals surface area contributed by atoms with Crippen molar-refractivity contribution in [3.05, 3.63) is 80.9 Å². The van der Waals surface area contributed by atoms with Crippen LogP contribution in [0.3, 0.4) is 0 Å². The van der Waals surface area contributed by atoms with Crippen molar-refractivity contribution in [2.45, 2.75) is 19.4 Å². The number of non-ortho nitro benzene ring substituents is 1. The van der Waals surface area contributed by atoms with Crippen LogP contribution in [-0.4, -0.2) is 53.8 Å². The summed E-state index contributed by atoms with van der Waals surface area (Å²) in [5.41, 5.74) is 1.00. The molecule has 3 aromatic rings. The number of piperidine rings is 1. The predicted molar refractivity (Wildman–Crippen MR) is 134 cm³/mol. The molecule has 0 radical (unpaired) electrons. The number of fused-ring (bicyclic) bond motifs is 1. The third kappa shape index (κ3) is 5.07. The van der Waals surface area contributed by atoms with E-state index in [1.54, 1.807) is 31.2 Å². The highest BCUT2D eigenvalue weighted by molar-refractivity contribution is 6.31. The van der Waals surface area contributed by atoms with Gasteiger partial charge in [0, 0.05) is 54.8 Å². The van der Waals surface area contributed by atoms with Crippen LogP contribution in [0.15, 0.2) is 54.6 Å². The van der Waals surface area contributed by atoms with Crippen LogP contribution in [-0.2, 0) is 11.3 Å². The average molecular weight is 496 g/mol. The van der Waals surface area contributed by atoms with Crippen LogP contribution < -0.4 is 4.74 Å². The van der Waals surface area contributed by atoms with E-state index < -0.39 is 4.92 Å². The summed E-state index contributed by atoms with van der Waals surface area (Å²) < 4.78 is 5.44. The van der Waals surface area contributed by atoms with Crippen molar-refractivity contribution < 1.29 is 19.2 Å². The number of amides is 2. The van der Waals surface area contributed by atoms with E-state index in [1.807, 2.05) is 24.3 Å². The molecule has 35 heavy (non-hydrogen) atoms. The molecule has 0 unspecified atom stereocenters. The number of hydrogen-bond acceptors (Lipinski definition) is 5. The van der Waals surface area contributed by atoms with Gasteiger partial charge in [0.15, 0.2) is 0 Å². The van der Waals surface area contributed by atoms with Crippen molar-refractivity contribution in [1.82, 2.24) is 9.80 Å². The van der Waals surface area contributed by atoms with Crippen molar-refractivity contribution >= 4 is 39.9 Å². The minimum atomic E-state index is -0.491. The van der Waals surface area contributed by atoms with E-state index in [4.69, 9.17) is 16.3 Å². The Labute approximate surface area is 208 Å².